The Morgan fingerprint density at radius 1 is 1.29 bits per heavy atom. The molecule has 21 heavy (non-hydrogen) atoms. The first kappa shape index (κ1) is 14.2. The number of benzene rings is 1. The van der Waals surface area contributed by atoms with Gasteiger partial charge in [-0.3, -0.25) is 4.79 Å². The number of carbonyl (C=O) groups is 1. The number of Topliss-reactive ketones (excluding diaryl/α,β-unsaturated/α-hetero) is 1. The molecule has 0 unspecified atom stereocenters. The van der Waals surface area contributed by atoms with E-state index in [1.807, 2.05) is 24.4 Å². The molecule has 1 heterocycles. The highest BCUT2D eigenvalue weighted by molar-refractivity contribution is 6.09. The number of rotatable bonds is 5. The van der Waals surface area contributed by atoms with Gasteiger partial charge in [-0.05, 0) is 24.5 Å². The monoisotopic (exact) mass is 285 g/mol. The van der Waals surface area contributed by atoms with Crippen LogP contribution in [0.3, 0.4) is 0 Å². The van der Waals surface area contributed by atoms with E-state index < -0.39 is 0 Å². The van der Waals surface area contributed by atoms with Crippen LogP contribution in [0.5, 0.6) is 5.75 Å². The standard InChI is InChI=1S/C18H23NO2/c1-21-17-9-5-8-15-18(17)14(12-19-15)16(20)11-10-13-6-3-2-4-7-13/h5,8-9,12-13,19H,2-4,6-7,10-11H2,1H3. The largest absolute Gasteiger partial charge is 0.496 e. The molecule has 1 saturated carbocycles. The molecule has 0 amide bonds. The minimum absolute atomic E-state index is 0.233. The zero-order chi connectivity index (χ0) is 14.7. The van der Waals surface area contributed by atoms with Crippen molar-refractivity contribution >= 4 is 16.7 Å². The van der Waals surface area contributed by atoms with Crippen molar-refractivity contribution in [3.05, 3.63) is 30.0 Å². The Labute approximate surface area is 125 Å². The van der Waals surface area contributed by atoms with Crippen molar-refractivity contribution in [2.45, 2.75) is 44.9 Å². The number of hydrogen-bond acceptors (Lipinski definition) is 2. The molecule has 3 nitrogen and oxygen atoms in total. The Balaban J connectivity index is 1.75. The zero-order valence-electron chi connectivity index (χ0n) is 12.7. The summed E-state index contributed by atoms with van der Waals surface area (Å²) in [6, 6.07) is 5.83. The quantitative estimate of drug-likeness (QED) is 0.808. The molecule has 0 atom stereocenters. The molecule has 0 aliphatic heterocycles. The van der Waals surface area contributed by atoms with Gasteiger partial charge in [0.1, 0.15) is 5.75 Å². The molecule has 0 bridgehead atoms. The molecule has 0 radical (unpaired) electrons. The van der Waals surface area contributed by atoms with Crippen LogP contribution in [-0.4, -0.2) is 17.9 Å². The van der Waals surface area contributed by atoms with E-state index >= 15 is 0 Å². The van der Waals surface area contributed by atoms with Crippen LogP contribution in [0.25, 0.3) is 10.9 Å². The van der Waals surface area contributed by atoms with Gasteiger partial charge in [0.2, 0.25) is 0 Å². The van der Waals surface area contributed by atoms with Crippen LogP contribution in [0.2, 0.25) is 0 Å². The summed E-state index contributed by atoms with van der Waals surface area (Å²) in [7, 11) is 1.65. The van der Waals surface area contributed by atoms with E-state index in [0.717, 1.165) is 34.6 Å². The number of methoxy groups -OCH3 is 1. The maximum absolute atomic E-state index is 12.6. The summed E-state index contributed by atoms with van der Waals surface area (Å²) in [5.41, 5.74) is 1.74. The highest BCUT2D eigenvalue weighted by Gasteiger charge is 2.18. The first-order valence-corrected chi connectivity index (χ1v) is 7.97. The molecule has 0 spiro atoms. The first-order valence-electron chi connectivity index (χ1n) is 7.97. The van der Waals surface area contributed by atoms with E-state index in [2.05, 4.69) is 4.98 Å². The number of H-pyrrole nitrogens is 1. The molecular weight excluding hydrogens is 262 g/mol. The highest BCUT2D eigenvalue weighted by Crippen LogP contribution is 2.31. The number of fused-ring (bicyclic) bond motifs is 1. The van der Waals surface area contributed by atoms with Gasteiger partial charge in [-0.2, -0.15) is 0 Å². The van der Waals surface area contributed by atoms with Crippen LogP contribution in [-0.2, 0) is 0 Å². The van der Waals surface area contributed by atoms with E-state index in [9.17, 15) is 4.79 Å². The van der Waals surface area contributed by atoms with Crippen LogP contribution >= 0.6 is 0 Å². The van der Waals surface area contributed by atoms with E-state index in [1.54, 1.807) is 7.11 Å². The van der Waals surface area contributed by atoms with Gasteiger partial charge < -0.3 is 9.72 Å². The third kappa shape index (κ3) is 2.97. The van der Waals surface area contributed by atoms with Gasteiger partial charge in [-0.25, -0.2) is 0 Å². The number of ketones is 1. The van der Waals surface area contributed by atoms with E-state index in [4.69, 9.17) is 4.74 Å². The van der Waals surface area contributed by atoms with Gasteiger partial charge >= 0.3 is 0 Å². The summed E-state index contributed by atoms with van der Waals surface area (Å²) in [4.78, 5) is 15.7. The Morgan fingerprint density at radius 3 is 2.86 bits per heavy atom. The lowest BCUT2D eigenvalue weighted by Gasteiger charge is -2.20. The lowest BCUT2D eigenvalue weighted by atomic mass is 9.85. The average molecular weight is 285 g/mol. The molecule has 1 fully saturated rings. The fraction of sp³-hybridized carbons (Fsp3) is 0.500. The van der Waals surface area contributed by atoms with Gasteiger partial charge in [-0.15, -0.1) is 0 Å². The van der Waals surface area contributed by atoms with Crippen molar-refractivity contribution < 1.29 is 9.53 Å². The zero-order valence-corrected chi connectivity index (χ0v) is 12.7. The van der Waals surface area contributed by atoms with Gasteiger partial charge in [0.25, 0.3) is 0 Å². The van der Waals surface area contributed by atoms with E-state index in [0.29, 0.717) is 6.42 Å². The minimum Gasteiger partial charge on any atom is -0.496 e. The second-order valence-corrected chi connectivity index (χ2v) is 6.05. The van der Waals surface area contributed by atoms with Crippen LogP contribution in [0.15, 0.2) is 24.4 Å². The average Bonchev–Trinajstić information content (AvgIpc) is 2.97. The summed E-state index contributed by atoms with van der Waals surface area (Å²) >= 11 is 0. The highest BCUT2D eigenvalue weighted by atomic mass is 16.5. The fourth-order valence-electron chi connectivity index (χ4n) is 3.49. The molecule has 1 N–H and O–H groups in total. The van der Waals surface area contributed by atoms with Gasteiger partial charge in [-0.1, -0.05) is 38.2 Å². The lowest BCUT2D eigenvalue weighted by Crippen LogP contribution is -2.09. The predicted molar refractivity (Wildman–Crippen MR) is 85.0 cm³/mol. The van der Waals surface area contributed by atoms with Crippen molar-refractivity contribution in [3.63, 3.8) is 0 Å². The second kappa shape index (κ2) is 6.33. The minimum atomic E-state index is 0.233. The first-order chi connectivity index (χ1) is 10.3. The molecule has 1 aromatic heterocycles. The molecule has 1 aliphatic carbocycles. The van der Waals surface area contributed by atoms with Gasteiger partial charge in [0.05, 0.1) is 12.5 Å². The fourth-order valence-corrected chi connectivity index (χ4v) is 3.49. The topological polar surface area (TPSA) is 42.1 Å². The summed E-state index contributed by atoms with van der Waals surface area (Å²) in [6.07, 6.45) is 10.1. The van der Waals surface area contributed by atoms with Gasteiger partial charge in [0, 0.05) is 23.7 Å². The van der Waals surface area contributed by atoms with Crippen LogP contribution in [0.4, 0.5) is 0 Å². The second-order valence-electron chi connectivity index (χ2n) is 6.05. The number of ether oxygens (including phenoxy) is 1. The third-order valence-corrected chi connectivity index (χ3v) is 4.69. The van der Waals surface area contributed by atoms with E-state index in [1.165, 1.54) is 32.1 Å². The molecule has 112 valence electrons. The summed E-state index contributed by atoms with van der Waals surface area (Å²) in [5, 5.41) is 0.925. The van der Waals surface area contributed by atoms with Crippen molar-refractivity contribution in [1.82, 2.24) is 4.98 Å². The maximum atomic E-state index is 12.6. The molecule has 1 aliphatic rings. The van der Waals surface area contributed by atoms with Crippen LogP contribution < -0.4 is 4.74 Å². The van der Waals surface area contributed by atoms with Crippen LogP contribution in [0.1, 0.15) is 55.3 Å². The summed E-state index contributed by atoms with van der Waals surface area (Å²) in [6.45, 7) is 0. The molecule has 2 aromatic rings. The molecule has 1 aromatic carbocycles. The Morgan fingerprint density at radius 2 is 2.10 bits per heavy atom. The summed E-state index contributed by atoms with van der Waals surface area (Å²) < 4.78 is 5.40. The van der Waals surface area contributed by atoms with Crippen LogP contribution in [0, 0.1) is 5.92 Å². The molecular formula is C18H23NO2. The molecule has 3 rings (SSSR count). The van der Waals surface area contributed by atoms with Crippen molar-refractivity contribution in [2.24, 2.45) is 5.92 Å². The normalized spacial score (nSPS) is 16.2. The maximum Gasteiger partial charge on any atom is 0.165 e. The molecule has 3 heteroatoms. The van der Waals surface area contributed by atoms with Crippen molar-refractivity contribution in [2.75, 3.05) is 7.11 Å². The van der Waals surface area contributed by atoms with Crippen molar-refractivity contribution in [3.8, 4) is 5.75 Å². The predicted octanol–water partition coefficient (Wildman–Crippen LogP) is 4.72. The number of nitrogens with one attached hydrogen (secondary N) is 1. The van der Waals surface area contributed by atoms with E-state index in [-0.39, 0.29) is 5.78 Å². The smallest absolute Gasteiger partial charge is 0.165 e. The molecule has 0 saturated heterocycles. The number of hydrogen-bond donors (Lipinski definition) is 1. The van der Waals surface area contributed by atoms with Gasteiger partial charge in [0.15, 0.2) is 5.78 Å². The number of aromatic amines is 1. The third-order valence-electron chi connectivity index (χ3n) is 4.69. The van der Waals surface area contributed by atoms with Crippen molar-refractivity contribution in [1.29, 1.82) is 0 Å². The Hall–Kier alpha value is -1.77. The summed E-state index contributed by atoms with van der Waals surface area (Å²) in [5.74, 6) is 1.75. The Bertz CT molecular complexity index is 623. The lowest BCUT2D eigenvalue weighted by molar-refractivity contribution is 0.0971. The number of carbonyl (C=O) groups excluding carboxylic acids is 1. The number of aromatic nitrogens is 1. The Kier molecular flexibility index (Phi) is 4.28. The SMILES string of the molecule is COc1cccc2[nH]cc(C(=O)CCC3CCCCC3)c12.